The number of carbonyl (C=O) groups is 1. The maximum Gasteiger partial charge on any atom is 0.196 e. The fraction of sp³-hybridized carbons (Fsp3) is 0.0455. The third-order valence-corrected chi connectivity index (χ3v) is 4.01. The number of para-hydroxylation sites is 2. The van der Waals surface area contributed by atoms with Gasteiger partial charge in [-0.25, -0.2) is 0 Å². The van der Waals surface area contributed by atoms with Crippen LogP contribution in [-0.4, -0.2) is 12.4 Å². The molecule has 0 aliphatic carbocycles. The van der Waals surface area contributed by atoms with E-state index in [9.17, 15) is 4.79 Å². The van der Waals surface area contributed by atoms with E-state index >= 15 is 0 Å². The van der Waals surface area contributed by atoms with Crippen molar-refractivity contribution in [3.8, 4) is 17.2 Å². The molecule has 3 aromatic rings. The van der Waals surface area contributed by atoms with Gasteiger partial charge in [-0.15, -0.1) is 0 Å². The minimum atomic E-state index is 0.0199. The molecule has 1 aliphatic rings. The van der Waals surface area contributed by atoms with E-state index in [2.05, 4.69) is 0 Å². The SMILES string of the molecule is O=C1C(=Cc2ccc(Oc3ccccc3)cc2)COc2ccccc21. The Hall–Kier alpha value is -3.33. The molecule has 0 atom stereocenters. The molecule has 0 fully saturated rings. The second-order valence-corrected chi connectivity index (χ2v) is 5.77. The number of benzene rings is 3. The highest BCUT2D eigenvalue weighted by molar-refractivity contribution is 6.14. The van der Waals surface area contributed by atoms with Crippen LogP contribution in [0.25, 0.3) is 6.08 Å². The van der Waals surface area contributed by atoms with Crippen molar-refractivity contribution in [1.29, 1.82) is 0 Å². The zero-order chi connectivity index (χ0) is 17.1. The summed E-state index contributed by atoms with van der Waals surface area (Å²) in [6.45, 7) is 0.290. The van der Waals surface area contributed by atoms with Crippen LogP contribution in [0, 0.1) is 0 Å². The summed E-state index contributed by atoms with van der Waals surface area (Å²) < 4.78 is 11.4. The molecule has 3 aromatic carbocycles. The van der Waals surface area contributed by atoms with Crippen molar-refractivity contribution < 1.29 is 14.3 Å². The Balaban J connectivity index is 1.53. The Morgan fingerprint density at radius 1 is 0.800 bits per heavy atom. The minimum absolute atomic E-state index is 0.0199. The maximum atomic E-state index is 12.6. The van der Waals surface area contributed by atoms with Gasteiger partial charge in [-0.2, -0.15) is 0 Å². The standard InChI is InChI=1S/C22H16O3/c23-22-17(15-24-21-9-5-4-8-20(21)22)14-16-10-12-19(13-11-16)25-18-6-2-1-3-7-18/h1-14H,15H2. The predicted molar refractivity (Wildman–Crippen MR) is 97.2 cm³/mol. The lowest BCUT2D eigenvalue weighted by Crippen LogP contribution is -2.18. The van der Waals surface area contributed by atoms with Crippen molar-refractivity contribution in [2.24, 2.45) is 0 Å². The Morgan fingerprint density at radius 3 is 2.28 bits per heavy atom. The number of ketones is 1. The van der Waals surface area contributed by atoms with Crippen molar-refractivity contribution in [2.45, 2.75) is 0 Å². The Kier molecular flexibility index (Phi) is 4.05. The van der Waals surface area contributed by atoms with Gasteiger partial charge in [0.05, 0.1) is 5.56 Å². The van der Waals surface area contributed by atoms with Crippen molar-refractivity contribution >= 4 is 11.9 Å². The topological polar surface area (TPSA) is 35.5 Å². The van der Waals surface area contributed by atoms with Crippen LogP contribution in [0.1, 0.15) is 15.9 Å². The van der Waals surface area contributed by atoms with Gasteiger partial charge in [0, 0.05) is 5.57 Å². The first-order valence-electron chi connectivity index (χ1n) is 8.10. The molecule has 0 saturated carbocycles. The lowest BCUT2D eigenvalue weighted by Gasteiger charge is -2.18. The van der Waals surface area contributed by atoms with Gasteiger partial charge in [-0.05, 0) is 48.0 Å². The van der Waals surface area contributed by atoms with E-state index in [-0.39, 0.29) is 12.4 Å². The summed E-state index contributed by atoms with van der Waals surface area (Å²) in [7, 11) is 0. The highest BCUT2D eigenvalue weighted by atomic mass is 16.5. The second-order valence-electron chi connectivity index (χ2n) is 5.77. The van der Waals surface area contributed by atoms with Crippen molar-refractivity contribution in [2.75, 3.05) is 6.61 Å². The van der Waals surface area contributed by atoms with E-state index in [0.717, 1.165) is 17.1 Å². The molecule has 0 amide bonds. The largest absolute Gasteiger partial charge is 0.488 e. The molecular weight excluding hydrogens is 312 g/mol. The molecular formula is C22H16O3. The minimum Gasteiger partial charge on any atom is -0.488 e. The van der Waals surface area contributed by atoms with Gasteiger partial charge in [-0.3, -0.25) is 4.79 Å². The van der Waals surface area contributed by atoms with Crippen LogP contribution >= 0.6 is 0 Å². The molecule has 1 heterocycles. The molecule has 1 aliphatic heterocycles. The van der Waals surface area contributed by atoms with Crippen LogP contribution in [-0.2, 0) is 0 Å². The van der Waals surface area contributed by atoms with E-state index < -0.39 is 0 Å². The lowest BCUT2D eigenvalue weighted by atomic mass is 9.98. The number of Topliss-reactive ketones (excluding diaryl/α,β-unsaturated/α-hetero) is 1. The average Bonchev–Trinajstić information content (AvgIpc) is 2.67. The Bertz CT molecular complexity index is 925. The first-order valence-corrected chi connectivity index (χ1v) is 8.10. The molecule has 3 nitrogen and oxygen atoms in total. The quantitative estimate of drug-likeness (QED) is 0.625. The summed E-state index contributed by atoms with van der Waals surface area (Å²) in [6, 6.07) is 24.6. The number of carbonyl (C=O) groups excluding carboxylic acids is 1. The molecule has 0 spiro atoms. The van der Waals surface area contributed by atoms with Gasteiger partial charge < -0.3 is 9.47 Å². The molecule has 0 unspecified atom stereocenters. The smallest absolute Gasteiger partial charge is 0.196 e. The number of fused-ring (bicyclic) bond motifs is 1. The van der Waals surface area contributed by atoms with Crippen LogP contribution < -0.4 is 9.47 Å². The molecule has 0 aromatic heterocycles. The molecule has 25 heavy (non-hydrogen) atoms. The van der Waals surface area contributed by atoms with Gasteiger partial charge in [0.1, 0.15) is 23.9 Å². The van der Waals surface area contributed by atoms with Gasteiger partial charge in [-0.1, -0.05) is 42.5 Å². The zero-order valence-corrected chi connectivity index (χ0v) is 13.5. The summed E-state index contributed by atoms with van der Waals surface area (Å²) in [5, 5.41) is 0. The molecule has 3 heteroatoms. The number of rotatable bonds is 3. The van der Waals surface area contributed by atoms with Gasteiger partial charge in [0.2, 0.25) is 0 Å². The highest BCUT2D eigenvalue weighted by Gasteiger charge is 2.22. The summed E-state index contributed by atoms with van der Waals surface area (Å²) >= 11 is 0. The van der Waals surface area contributed by atoms with E-state index in [4.69, 9.17) is 9.47 Å². The van der Waals surface area contributed by atoms with Gasteiger partial charge >= 0.3 is 0 Å². The number of ether oxygens (including phenoxy) is 2. The van der Waals surface area contributed by atoms with E-state index in [1.54, 1.807) is 6.07 Å². The molecule has 122 valence electrons. The van der Waals surface area contributed by atoms with E-state index in [0.29, 0.717) is 16.9 Å². The van der Waals surface area contributed by atoms with Crippen LogP contribution in [0.15, 0.2) is 84.4 Å². The number of hydrogen-bond donors (Lipinski definition) is 0. The van der Waals surface area contributed by atoms with Crippen LogP contribution in [0.2, 0.25) is 0 Å². The van der Waals surface area contributed by atoms with Gasteiger partial charge in [0.15, 0.2) is 5.78 Å². The molecule has 4 rings (SSSR count). The van der Waals surface area contributed by atoms with Crippen LogP contribution in [0.4, 0.5) is 0 Å². The first kappa shape index (κ1) is 15.2. The average molecular weight is 328 g/mol. The predicted octanol–water partition coefficient (Wildman–Crippen LogP) is 5.14. The molecule has 0 saturated heterocycles. The van der Waals surface area contributed by atoms with Crippen LogP contribution in [0.3, 0.4) is 0 Å². The fourth-order valence-electron chi connectivity index (χ4n) is 2.74. The summed E-state index contributed by atoms with van der Waals surface area (Å²) in [5.41, 5.74) is 2.20. The third-order valence-electron chi connectivity index (χ3n) is 4.01. The lowest BCUT2D eigenvalue weighted by molar-refractivity contribution is 0.100. The molecule has 0 bridgehead atoms. The molecule has 0 radical (unpaired) electrons. The summed E-state index contributed by atoms with van der Waals surface area (Å²) in [4.78, 5) is 12.6. The second kappa shape index (κ2) is 6.65. The number of hydrogen-bond acceptors (Lipinski definition) is 3. The first-order chi connectivity index (χ1) is 12.3. The Labute approximate surface area is 146 Å². The van der Waals surface area contributed by atoms with E-state index in [1.165, 1.54) is 0 Å². The van der Waals surface area contributed by atoms with Crippen molar-refractivity contribution in [3.05, 3.63) is 95.6 Å². The summed E-state index contributed by atoms with van der Waals surface area (Å²) in [6.07, 6.45) is 1.87. The monoisotopic (exact) mass is 328 g/mol. The third kappa shape index (κ3) is 3.31. The normalized spacial score (nSPS) is 14.7. The Morgan fingerprint density at radius 2 is 1.48 bits per heavy atom. The van der Waals surface area contributed by atoms with Crippen molar-refractivity contribution in [3.63, 3.8) is 0 Å². The highest BCUT2D eigenvalue weighted by Crippen LogP contribution is 2.28. The van der Waals surface area contributed by atoms with Crippen LogP contribution in [0.5, 0.6) is 17.2 Å². The molecule has 0 N–H and O–H groups in total. The fourth-order valence-corrected chi connectivity index (χ4v) is 2.74. The van der Waals surface area contributed by atoms with E-state index in [1.807, 2.05) is 78.9 Å². The zero-order valence-electron chi connectivity index (χ0n) is 13.5. The van der Waals surface area contributed by atoms with Gasteiger partial charge in [0.25, 0.3) is 0 Å². The maximum absolute atomic E-state index is 12.6. The summed E-state index contributed by atoms with van der Waals surface area (Å²) in [5.74, 6) is 2.22. The van der Waals surface area contributed by atoms with Crippen molar-refractivity contribution in [1.82, 2.24) is 0 Å².